The molecule has 0 bridgehead atoms. The zero-order valence-electron chi connectivity index (χ0n) is 11.2. The highest BCUT2D eigenvalue weighted by Crippen LogP contribution is 2.39. The van der Waals surface area contributed by atoms with E-state index in [1.165, 1.54) is 17.1 Å². The van der Waals surface area contributed by atoms with E-state index >= 15 is 0 Å². The largest absolute Gasteiger partial charge is 0.376 e. The maximum absolute atomic E-state index is 12.3. The summed E-state index contributed by atoms with van der Waals surface area (Å²) in [5.41, 5.74) is 5.43. The molecule has 20 heavy (non-hydrogen) atoms. The second-order valence-corrected chi connectivity index (χ2v) is 7.13. The number of aromatic nitrogens is 2. The lowest BCUT2D eigenvalue weighted by Gasteiger charge is -2.18. The highest BCUT2D eigenvalue weighted by Gasteiger charge is 2.42. The van der Waals surface area contributed by atoms with Gasteiger partial charge in [0.1, 0.15) is 4.90 Å². The predicted molar refractivity (Wildman–Crippen MR) is 72.5 cm³/mol. The van der Waals surface area contributed by atoms with Crippen molar-refractivity contribution in [1.29, 1.82) is 0 Å². The maximum Gasteiger partial charge on any atom is 0.244 e. The van der Waals surface area contributed by atoms with E-state index in [0.29, 0.717) is 25.6 Å². The highest BCUT2D eigenvalue weighted by atomic mass is 32.2. The minimum absolute atomic E-state index is 0.0314. The van der Waals surface area contributed by atoms with Gasteiger partial charge in [0, 0.05) is 19.3 Å². The molecule has 2 atom stereocenters. The first-order valence-corrected chi connectivity index (χ1v) is 8.45. The van der Waals surface area contributed by atoms with E-state index in [4.69, 9.17) is 10.5 Å². The zero-order valence-corrected chi connectivity index (χ0v) is 12.1. The second-order valence-electron chi connectivity index (χ2n) is 5.42. The first kappa shape index (κ1) is 14.0. The highest BCUT2D eigenvalue weighted by molar-refractivity contribution is 7.89. The van der Waals surface area contributed by atoms with Crippen molar-refractivity contribution in [3.63, 3.8) is 0 Å². The Morgan fingerprint density at radius 2 is 2.25 bits per heavy atom. The molecule has 3 N–H and O–H groups in total. The minimum atomic E-state index is -3.53. The molecule has 2 aliphatic rings. The van der Waals surface area contributed by atoms with Gasteiger partial charge in [-0.25, -0.2) is 13.1 Å². The monoisotopic (exact) mass is 300 g/mol. The van der Waals surface area contributed by atoms with Crippen LogP contribution in [0.25, 0.3) is 0 Å². The van der Waals surface area contributed by atoms with Crippen molar-refractivity contribution in [2.24, 2.45) is 11.7 Å². The summed E-state index contributed by atoms with van der Waals surface area (Å²) in [6.45, 7) is 1.56. The molecule has 2 heterocycles. The number of nitrogens with zero attached hydrogens (tertiary/aromatic N) is 2. The number of hydrogen-bond donors (Lipinski definition) is 2. The fourth-order valence-corrected chi connectivity index (χ4v) is 3.87. The lowest BCUT2D eigenvalue weighted by Crippen LogP contribution is -2.41. The van der Waals surface area contributed by atoms with Gasteiger partial charge >= 0.3 is 0 Å². The van der Waals surface area contributed by atoms with Crippen LogP contribution in [0.15, 0.2) is 17.3 Å². The Bertz CT molecular complexity index is 567. The number of rotatable bonds is 6. The van der Waals surface area contributed by atoms with Crippen LogP contribution in [0.4, 0.5) is 0 Å². The molecule has 3 rings (SSSR count). The molecule has 112 valence electrons. The summed E-state index contributed by atoms with van der Waals surface area (Å²) in [5.74, 6) is 0.519. The Morgan fingerprint density at radius 1 is 1.45 bits per heavy atom. The Labute approximate surface area is 118 Å². The molecule has 0 spiro atoms. The average Bonchev–Trinajstić information content (AvgIpc) is 2.95. The Hall–Kier alpha value is -0.960. The molecule has 1 aliphatic carbocycles. The van der Waals surface area contributed by atoms with Gasteiger partial charge in [-0.15, -0.1) is 0 Å². The van der Waals surface area contributed by atoms with Crippen molar-refractivity contribution < 1.29 is 13.2 Å². The summed E-state index contributed by atoms with van der Waals surface area (Å²) in [6, 6.07) is -0.120. The van der Waals surface area contributed by atoms with Crippen molar-refractivity contribution in [3.05, 3.63) is 12.4 Å². The minimum Gasteiger partial charge on any atom is -0.376 e. The molecule has 1 saturated heterocycles. The van der Waals surface area contributed by atoms with Crippen LogP contribution >= 0.6 is 0 Å². The number of nitrogens with two attached hydrogens (primary N) is 1. The predicted octanol–water partition coefficient (Wildman–Crippen LogP) is -0.312. The van der Waals surface area contributed by atoms with Gasteiger partial charge in [-0.2, -0.15) is 5.10 Å². The number of hydrogen-bond acceptors (Lipinski definition) is 5. The SMILES string of the molecule is NCCn1cc(S(=O)(=O)NC2CCOC2C2CC2)cn1. The summed E-state index contributed by atoms with van der Waals surface area (Å²) in [5, 5.41) is 4.00. The van der Waals surface area contributed by atoms with Gasteiger partial charge in [-0.3, -0.25) is 4.68 Å². The topological polar surface area (TPSA) is 99.2 Å². The van der Waals surface area contributed by atoms with Crippen LogP contribution in [0.3, 0.4) is 0 Å². The van der Waals surface area contributed by atoms with Crippen molar-refractivity contribution in [1.82, 2.24) is 14.5 Å². The Balaban J connectivity index is 1.70. The van der Waals surface area contributed by atoms with Crippen LogP contribution < -0.4 is 10.5 Å². The van der Waals surface area contributed by atoms with Gasteiger partial charge in [0.25, 0.3) is 0 Å². The van der Waals surface area contributed by atoms with Gasteiger partial charge in [0.05, 0.1) is 24.9 Å². The van der Waals surface area contributed by atoms with Gasteiger partial charge in [-0.1, -0.05) is 0 Å². The second kappa shape index (κ2) is 5.44. The first-order chi connectivity index (χ1) is 9.60. The Kier molecular flexibility index (Phi) is 3.80. The van der Waals surface area contributed by atoms with E-state index in [1.807, 2.05) is 0 Å². The maximum atomic E-state index is 12.3. The van der Waals surface area contributed by atoms with E-state index in [0.717, 1.165) is 19.3 Å². The lowest BCUT2D eigenvalue weighted by molar-refractivity contribution is 0.0848. The van der Waals surface area contributed by atoms with Gasteiger partial charge < -0.3 is 10.5 Å². The quantitative estimate of drug-likeness (QED) is 0.750. The fraction of sp³-hybridized carbons (Fsp3) is 0.750. The van der Waals surface area contributed by atoms with Crippen LogP contribution in [0.1, 0.15) is 19.3 Å². The van der Waals surface area contributed by atoms with Crippen molar-refractivity contribution in [2.45, 2.75) is 42.8 Å². The first-order valence-electron chi connectivity index (χ1n) is 6.96. The summed E-state index contributed by atoms with van der Waals surface area (Å²) in [4.78, 5) is 0.187. The van der Waals surface area contributed by atoms with Crippen molar-refractivity contribution in [2.75, 3.05) is 13.2 Å². The lowest BCUT2D eigenvalue weighted by atomic mass is 10.1. The normalized spacial score (nSPS) is 27.1. The van der Waals surface area contributed by atoms with Gasteiger partial charge in [-0.05, 0) is 25.2 Å². The molecule has 1 aliphatic heterocycles. The number of sulfonamides is 1. The smallest absolute Gasteiger partial charge is 0.244 e. The van der Waals surface area contributed by atoms with Gasteiger partial charge in [0.2, 0.25) is 10.0 Å². The number of nitrogens with one attached hydrogen (secondary N) is 1. The molecule has 0 aromatic carbocycles. The molecule has 2 fully saturated rings. The molecule has 0 radical (unpaired) electrons. The molecule has 0 amide bonds. The van der Waals surface area contributed by atoms with Crippen LogP contribution in [0, 0.1) is 5.92 Å². The van der Waals surface area contributed by atoms with E-state index < -0.39 is 10.0 Å². The third-order valence-electron chi connectivity index (χ3n) is 3.81. The van der Waals surface area contributed by atoms with E-state index in [2.05, 4.69) is 9.82 Å². The Morgan fingerprint density at radius 3 is 2.95 bits per heavy atom. The van der Waals surface area contributed by atoms with Crippen LogP contribution in [0.5, 0.6) is 0 Å². The van der Waals surface area contributed by atoms with Crippen molar-refractivity contribution >= 4 is 10.0 Å². The molecule has 2 unspecified atom stereocenters. The molecule has 7 nitrogen and oxygen atoms in total. The van der Waals surface area contributed by atoms with Crippen LogP contribution in [-0.2, 0) is 21.3 Å². The van der Waals surface area contributed by atoms with E-state index in [9.17, 15) is 8.42 Å². The number of ether oxygens (including phenoxy) is 1. The van der Waals surface area contributed by atoms with Crippen LogP contribution in [-0.4, -0.2) is 43.5 Å². The summed E-state index contributed by atoms with van der Waals surface area (Å²) in [6.07, 6.45) is 5.91. The third kappa shape index (κ3) is 2.88. The van der Waals surface area contributed by atoms with Crippen LogP contribution in [0.2, 0.25) is 0 Å². The van der Waals surface area contributed by atoms with E-state index in [1.54, 1.807) is 0 Å². The fourth-order valence-electron chi connectivity index (χ4n) is 2.63. The summed E-state index contributed by atoms with van der Waals surface area (Å²) in [7, 11) is -3.53. The zero-order chi connectivity index (χ0) is 14.2. The summed E-state index contributed by atoms with van der Waals surface area (Å²) < 4.78 is 34.6. The standard InChI is InChI=1S/C12H20N4O3S/c13-4-5-16-8-10(7-14-16)20(17,18)15-11-3-6-19-12(11)9-1-2-9/h7-9,11-12,15H,1-6,13H2. The third-order valence-corrected chi connectivity index (χ3v) is 5.25. The molecular formula is C12H20N4O3S. The van der Waals surface area contributed by atoms with Crippen molar-refractivity contribution in [3.8, 4) is 0 Å². The van der Waals surface area contributed by atoms with E-state index in [-0.39, 0.29) is 17.0 Å². The molecule has 1 aromatic heterocycles. The molecule has 1 aromatic rings. The molecule has 8 heteroatoms. The average molecular weight is 300 g/mol. The summed E-state index contributed by atoms with van der Waals surface area (Å²) >= 11 is 0. The molecule has 1 saturated carbocycles. The molecular weight excluding hydrogens is 280 g/mol. The van der Waals surface area contributed by atoms with Gasteiger partial charge in [0.15, 0.2) is 0 Å².